The molecule has 1 aliphatic carbocycles. The summed E-state index contributed by atoms with van der Waals surface area (Å²) in [5.41, 5.74) is 0.997. The van der Waals surface area contributed by atoms with Gasteiger partial charge in [-0.25, -0.2) is 0 Å². The van der Waals surface area contributed by atoms with Crippen molar-refractivity contribution in [3.8, 4) is 5.75 Å². The van der Waals surface area contributed by atoms with Crippen LogP contribution >= 0.6 is 15.9 Å². The minimum absolute atomic E-state index is 0.290. The number of carbonyl (C=O) groups excluding carboxylic acids is 1. The average Bonchev–Trinajstić information content (AvgIpc) is 2.97. The molecule has 1 amide bonds. The van der Waals surface area contributed by atoms with E-state index >= 15 is 0 Å². The van der Waals surface area contributed by atoms with E-state index in [1.165, 1.54) is 7.11 Å². The first-order valence-electron chi connectivity index (χ1n) is 6.58. The lowest BCUT2D eigenvalue weighted by molar-refractivity contribution is -0.140. The molecular weight excluding hydrogens is 338 g/mol. The molecule has 2 atom stereocenters. The third-order valence-corrected chi connectivity index (χ3v) is 4.97. The molecule has 0 saturated heterocycles. The van der Waals surface area contributed by atoms with Crippen LogP contribution in [-0.4, -0.2) is 24.1 Å². The van der Waals surface area contributed by atoms with Crippen LogP contribution < -0.4 is 10.1 Å². The molecule has 0 spiro atoms. The van der Waals surface area contributed by atoms with Crippen molar-refractivity contribution in [1.29, 1.82) is 0 Å². The van der Waals surface area contributed by atoms with Crippen LogP contribution in [0.4, 0.5) is 5.69 Å². The summed E-state index contributed by atoms with van der Waals surface area (Å²) in [7, 11) is 1.53. The van der Waals surface area contributed by atoms with Gasteiger partial charge in [0.05, 0.1) is 24.6 Å². The number of rotatable bonds is 4. The predicted molar refractivity (Wildman–Crippen MR) is 82.5 cm³/mol. The molecule has 0 unspecified atom stereocenters. The molecule has 5 nitrogen and oxygen atoms in total. The summed E-state index contributed by atoms with van der Waals surface area (Å²) < 4.78 is 6.11. The van der Waals surface area contributed by atoms with Crippen LogP contribution in [0.25, 0.3) is 0 Å². The van der Waals surface area contributed by atoms with E-state index < -0.39 is 23.2 Å². The first kappa shape index (κ1) is 15.8. The number of ether oxygens (including phenoxy) is 1. The Morgan fingerprint density at radius 1 is 1.33 bits per heavy atom. The summed E-state index contributed by atoms with van der Waals surface area (Å²) in [6.45, 7) is 5.50. The molecule has 2 rings (SSSR count). The van der Waals surface area contributed by atoms with E-state index in [0.717, 1.165) is 10.0 Å². The second-order valence-electron chi connectivity index (χ2n) is 5.91. The van der Waals surface area contributed by atoms with Crippen molar-refractivity contribution < 1.29 is 19.4 Å². The highest BCUT2D eigenvalue weighted by Crippen LogP contribution is 2.58. The van der Waals surface area contributed by atoms with Gasteiger partial charge < -0.3 is 15.2 Å². The molecule has 1 aliphatic rings. The molecule has 114 valence electrons. The van der Waals surface area contributed by atoms with Gasteiger partial charge in [0, 0.05) is 4.47 Å². The molecule has 1 aromatic rings. The summed E-state index contributed by atoms with van der Waals surface area (Å²) >= 11 is 3.41. The van der Waals surface area contributed by atoms with E-state index in [0.29, 0.717) is 11.4 Å². The zero-order valence-corrected chi connectivity index (χ0v) is 13.9. The van der Waals surface area contributed by atoms with Crippen molar-refractivity contribution in [1.82, 2.24) is 0 Å². The average molecular weight is 356 g/mol. The molecule has 1 aromatic carbocycles. The van der Waals surface area contributed by atoms with Gasteiger partial charge in [-0.3, -0.25) is 9.59 Å². The summed E-state index contributed by atoms with van der Waals surface area (Å²) in [6.07, 6.45) is 0. The molecule has 1 fully saturated rings. The predicted octanol–water partition coefficient (Wildman–Crippen LogP) is 3.06. The number of methoxy groups -OCH3 is 1. The topological polar surface area (TPSA) is 75.6 Å². The summed E-state index contributed by atoms with van der Waals surface area (Å²) in [5, 5.41) is 11.9. The van der Waals surface area contributed by atoms with E-state index in [9.17, 15) is 9.59 Å². The van der Waals surface area contributed by atoms with Crippen molar-refractivity contribution in [3.05, 3.63) is 22.2 Å². The minimum atomic E-state index is -0.933. The second-order valence-corrected chi connectivity index (χ2v) is 6.76. The van der Waals surface area contributed by atoms with Crippen molar-refractivity contribution in [2.24, 2.45) is 17.3 Å². The van der Waals surface area contributed by atoms with Gasteiger partial charge in [-0.2, -0.15) is 0 Å². The zero-order valence-electron chi connectivity index (χ0n) is 12.4. The first-order valence-corrected chi connectivity index (χ1v) is 7.37. The summed E-state index contributed by atoms with van der Waals surface area (Å²) in [5.74, 6) is -1.84. The number of aryl methyl sites for hydroxylation is 1. The van der Waals surface area contributed by atoms with Gasteiger partial charge in [-0.15, -0.1) is 0 Å². The normalized spacial score (nSPS) is 22.5. The van der Waals surface area contributed by atoms with E-state index in [2.05, 4.69) is 21.2 Å². The lowest BCUT2D eigenvalue weighted by Gasteiger charge is -2.12. The van der Waals surface area contributed by atoms with Gasteiger partial charge in [0.15, 0.2) is 0 Å². The fourth-order valence-electron chi connectivity index (χ4n) is 2.72. The number of hydrogen-bond acceptors (Lipinski definition) is 3. The maximum absolute atomic E-state index is 12.3. The third-order valence-electron chi connectivity index (χ3n) is 4.11. The van der Waals surface area contributed by atoms with Gasteiger partial charge in [0.1, 0.15) is 5.75 Å². The molecule has 0 bridgehead atoms. The summed E-state index contributed by atoms with van der Waals surface area (Å²) in [6, 6.07) is 3.57. The largest absolute Gasteiger partial charge is 0.495 e. The van der Waals surface area contributed by atoms with Crippen LogP contribution in [0.5, 0.6) is 5.75 Å². The van der Waals surface area contributed by atoms with E-state index in [1.54, 1.807) is 19.9 Å². The quantitative estimate of drug-likeness (QED) is 0.870. The van der Waals surface area contributed by atoms with Crippen LogP contribution in [-0.2, 0) is 9.59 Å². The lowest BCUT2D eigenvalue weighted by Crippen LogP contribution is -2.18. The van der Waals surface area contributed by atoms with Crippen LogP contribution in [0.2, 0.25) is 0 Å². The van der Waals surface area contributed by atoms with Gasteiger partial charge in [-0.1, -0.05) is 29.8 Å². The molecule has 6 heteroatoms. The number of carboxylic acids is 1. The standard InChI is InChI=1S/C15H18BrNO4/c1-7-5-10(21-4)9(6-8(7)16)17-13(18)11-12(14(19)20)15(11,2)3/h5-6,11-12H,1-4H3,(H,17,18)(H,19,20)/t11-,12+/m0/s1. The number of anilines is 1. The minimum Gasteiger partial charge on any atom is -0.495 e. The Morgan fingerprint density at radius 3 is 2.43 bits per heavy atom. The van der Waals surface area contributed by atoms with Crippen molar-refractivity contribution in [2.75, 3.05) is 12.4 Å². The highest BCUT2D eigenvalue weighted by molar-refractivity contribution is 9.10. The Labute approximate surface area is 131 Å². The molecule has 0 aromatic heterocycles. The number of aliphatic carboxylic acids is 1. The number of halogens is 1. The molecule has 0 aliphatic heterocycles. The molecule has 1 saturated carbocycles. The number of carboxylic acid groups (broad SMARTS) is 1. The summed E-state index contributed by atoms with van der Waals surface area (Å²) in [4.78, 5) is 23.5. The monoisotopic (exact) mass is 355 g/mol. The van der Waals surface area contributed by atoms with Gasteiger partial charge >= 0.3 is 5.97 Å². The number of amides is 1. The Bertz CT molecular complexity index is 612. The van der Waals surface area contributed by atoms with Crippen molar-refractivity contribution in [2.45, 2.75) is 20.8 Å². The zero-order chi connectivity index (χ0) is 15.9. The van der Waals surface area contributed by atoms with Crippen LogP contribution in [0.15, 0.2) is 16.6 Å². The Hall–Kier alpha value is -1.56. The van der Waals surface area contributed by atoms with E-state index in [-0.39, 0.29) is 5.91 Å². The first-order chi connectivity index (χ1) is 9.70. The van der Waals surface area contributed by atoms with Crippen molar-refractivity contribution >= 4 is 33.5 Å². The second kappa shape index (κ2) is 5.33. The van der Waals surface area contributed by atoms with Crippen LogP contribution in [0, 0.1) is 24.2 Å². The van der Waals surface area contributed by atoms with Crippen LogP contribution in [0.1, 0.15) is 19.4 Å². The van der Waals surface area contributed by atoms with E-state index in [4.69, 9.17) is 9.84 Å². The third kappa shape index (κ3) is 2.77. The lowest BCUT2D eigenvalue weighted by atomic mass is 10.1. The number of benzene rings is 1. The molecule has 0 heterocycles. The molecule has 21 heavy (non-hydrogen) atoms. The Morgan fingerprint density at radius 2 is 1.95 bits per heavy atom. The fraction of sp³-hybridized carbons (Fsp3) is 0.467. The van der Waals surface area contributed by atoms with Gasteiger partial charge in [0.2, 0.25) is 5.91 Å². The molecular formula is C15H18BrNO4. The molecule has 0 radical (unpaired) electrons. The highest BCUT2D eigenvalue weighted by Gasteiger charge is 2.65. The number of carbonyl (C=O) groups is 2. The fourth-order valence-corrected chi connectivity index (χ4v) is 3.06. The van der Waals surface area contributed by atoms with Crippen molar-refractivity contribution in [3.63, 3.8) is 0 Å². The smallest absolute Gasteiger partial charge is 0.307 e. The number of nitrogens with one attached hydrogen (secondary N) is 1. The van der Waals surface area contributed by atoms with Gasteiger partial charge in [0.25, 0.3) is 0 Å². The maximum atomic E-state index is 12.3. The Balaban J connectivity index is 2.22. The maximum Gasteiger partial charge on any atom is 0.307 e. The number of hydrogen-bond donors (Lipinski definition) is 2. The molecule has 2 N–H and O–H groups in total. The SMILES string of the molecule is COc1cc(C)c(Br)cc1NC(=O)[C@@H]1[C@H](C(=O)O)C1(C)C. The highest BCUT2D eigenvalue weighted by atomic mass is 79.9. The Kier molecular flexibility index (Phi) is 4.02. The van der Waals surface area contributed by atoms with Crippen LogP contribution in [0.3, 0.4) is 0 Å². The van der Waals surface area contributed by atoms with E-state index in [1.807, 2.05) is 13.0 Å². The van der Waals surface area contributed by atoms with Gasteiger partial charge in [-0.05, 0) is 30.0 Å².